The van der Waals surface area contributed by atoms with Crippen LogP contribution < -0.4 is 5.19 Å². The van der Waals surface area contributed by atoms with Gasteiger partial charge in [-0.2, -0.15) is 0 Å². The first-order chi connectivity index (χ1) is 8.27. The van der Waals surface area contributed by atoms with Crippen LogP contribution in [0.25, 0.3) is 0 Å². The number of halogens is 2. The minimum atomic E-state index is -1.48. The van der Waals surface area contributed by atoms with Gasteiger partial charge in [-0.15, -0.1) is 0 Å². The van der Waals surface area contributed by atoms with Crippen LogP contribution in [0.15, 0.2) is 17.1 Å². The summed E-state index contributed by atoms with van der Waals surface area (Å²) in [5, 5.41) is 11.2. The van der Waals surface area contributed by atoms with E-state index < -0.39 is 28.9 Å². The van der Waals surface area contributed by atoms with E-state index in [4.69, 9.17) is 17.0 Å². The van der Waals surface area contributed by atoms with Crippen LogP contribution in [0.3, 0.4) is 0 Å². The monoisotopic (exact) mass is 381 g/mol. The first-order valence-corrected chi connectivity index (χ1v) is 15.3. The molecule has 1 rings (SSSR count). The molecule has 0 aliphatic carbocycles. The third-order valence-electron chi connectivity index (χ3n) is 2.36. The third-order valence-corrected chi connectivity index (χ3v) is 4.36. The number of phenolic OH excluding ortho intramolecular Hbond substituents is 1. The van der Waals surface area contributed by atoms with Crippen molar-refractivity contribution >= 4 is 36.5 Å². The number of aryl methyl sites for hydroxylation is 1. The molecule has 1 N–H and O–H groups in total. The quantitative estimate of drug-likeness (QED) is 0.613. The van der Waals surface area contributed by atoms with Gasteiger partial charge in [0, 0.05) is 18.8 Å². The zero-order chi connectivity index (χ0) is 14.3. The summed E-state index contributed by atoms with van der Waals surface area (Å²) in [4.78, 5) is 3.96. The van der Waals surface area contributed by atoms with Crippen LogP contribution in [-0.2, 0) is 20.8 Å². The van der Waals surface area contributed by atoms with E-state index >= 15 is 0 Å². The van der Waals surface area contributed by atoms with Gasteiger partial charge in [-0.05, 0) is 18.2 Å². The molecule has 0 aromatic heterocycles. The second-order valence-electron chi connectivity index (χ2n) is 4.96. The summed E-state index contributed by atoms with van der Waals surface area (Å²) >= 11 is -0.826. The van der Waals surface area contributed by atoms with Crippen molar-refractivity contribution < 1.29 is 26.0 Å². The van der Waals surface area contributed by atoms with Crippen LogP contribution in [0.2, 0.25) is 19.6 Å². The van der Waals surface area contributed by atoms with Gasteiger partial charge in [-0.3, -0.25) is 4.99 Å². The summed E-state index contributed by atoms with van der Waals surface area (Å²) in [6, 6.07) is 4.06. The molecule has 1 aromatic rings. The van der Waals surface area contributed by atoms with Gasteiger partial charge in [0.2, 0.25) is 0 Å². The second kappa shape index (κ2) is 8.52. The maximum absolute atomic E-state index is 10.1. The molecule has 1 aromatic carbocycles. The number of aromatic hydroxyl groups is 1. The van der Waals surface area contributed by atoms with Gasteiger partial charge in [0.25, 0.3) is 0 Å². The van der Waals surface area contributed by atoms with E-state index in [0.29, 0.717) is 5.75 Å². The first-order valence-electron chi connectivity index (χ1n) is 5.50. The number of aliphatic imine (C=N–C) groups is 1. The van der Waals surface area contributed by atoms with Crippen molar-refractivity contribution in [2.24, 2.45) is 4.99 Å². The Morgan fingerprint density at radius 2 is 1.78 bits per heavy atom. The van der Waals surface area contributed by atoms with Crippen LogP contribution in [0, 0.1) is 6.92 Å². The van der Waals surface area contributed by atoms with Gasteiger partial charge in [-0.25, -0.2) is 0 Å². The Morgan fingerprint density at radius 1 is 1.28 bits per heavy atom. The Morgan fingerprint density at radius 3 is 2.17 bits per heavy atom. The Labute approximate surface area is 129 Å². The topological polar surface area (TPSA) is 32.6 Å². The molecule has 2 nitrogen and oxygen atoms in total. The van der Waals surface area contributed by atoms with Crippen LogP contribution in [0.1, 0.15) is 11.1 Å². The van der Waals surface area contributed by atoms with Crippen LogP contribution in [-0.4, -0.2) is 26.4 Å². The third kappa shape index (κ3) is 6.01. The van der Waals surface area contributed by atoms with Crippen LogP contribution in [0.5, 0.6) is 5.75 Å². The summed E-state index contributed by atoms with van der Waals surface area (Å²) in [5.41, 5.74) is 2.01. The van der Waals surface area contributed by atoms with Gasteiger partial charge < -0.3 is 5.11 Å². The van der Waals surface area contributed by atoms with E-state index in [-0.39, 0.29) is 0 Å². The molecule has 0 saturated heterocycles. The summed E-state index contributed by atoms with van der Waals surface area (Å²) in [5.74, 6) is 0.408. The van der Waals surface area contributed by atoms with E-state index in [2.05, 4.69) is 37.6 Å². The molecule has 0 saturated carbocycles. The molecule has 0 atom stereocenters. The number of hydrogen-bond donors (Lipinski definition) is 1. The predicted octanol–water partition coefficient (Wildman–Crippen LogP) is 3.67. The number of benzene rings is 1. The SMILES string of the molecule is CN=Cc1cc(C)cc([Si](C)(C)C)c1O.[Cl][Zr][Cl]. The van der Waals surface area contributed by atoms with Crippen LogP contribution >= 0.6 is 17.0 Å². The summed E-state index contributed by atoms with van der Waals surface area (Å²) < 4.78 is 0. The molecule has 0 unspecified atom stereocenters. The van der Waals surface area contributed by atoms with Crippen molar-refractivity contribution in [2.45, 2.75) is 26.6 Å². The Balaban J connectivity index is 0.000000873. The standard InChI is InChI=1S/C12H19NOSi.2ClH.Zr/c1-9-6-10(8-13-2)12(14)11(7-9)15(3,4)5;;;/h6-8,14H,1-5H3;2*1H;/q;;;+2/p-2. The fourth-order valence-electron chi connectivity index (χ4n) is 1.62. The maximum atomic E-state index is 10.1. The van der Waals surface area contributed by atoms with Crippen molar-refractivity contribution in [1.29, 1.82) is 0 Å². The molecule has 0 heterocycles. The van der Waals surface area contributed by atoms with E-state index in [1.165, 1.54) is 5.56 Å². The minimum absolute atomic E-state index is 0.408. The van der Waals surface area contributed by atoms with Gasteiger partial charge in [-0.1, -0.05) is 31.3 Å². The molecule has 0 spiro atoms. The molecule has 0 aliphatic heterocycles. The molecule has 6 heteroatoms. The van der Waals surface area contributed by atoms with E-state index in [9.17, 15) is 5.11 Å². The molecular weight excluding hydrogens is 364 g/mol. The van der Waals surface area contributed by atoms with Gasteiger partial charge in [0.05, 0.1) is 8.07 Å². The zero-order valence-electron chi connectivity index (χ0n) is 11.4. The van der Waals surface area contributed by atoms with Crippen LogP contribution in [0.4, 0.5) is 0 Å². The van der Waals surface area contributed by atoms with Crippen molar-refractivity contribution in [3.05, 3.63) is 23.3 Å². The Kier molecular flexibility index (Phi) is 8.70. The van der Waals surface area contributed by atoms with Gasteiger partial charge in [0.1, 0.15) is 5.75 Å². The van der Waals surface area contributed by atoms with E-state index in [0.717, 1.165) is 10.8 Å². The van der Waals surface area contributed by atoms with Gasteiger partial charge in [0.15, 0.2) is 0 Å². The number of phenols is 1. The fourth-order valence-corrected chi connectivity index (χ4v) is 3.13. The fraction of sp³-hybridized carbons (Fsp3) is 0.417. The molecule has 0 radical (unpaired) electrons. The van der Waals surface area contributed by atoms with Crippen molar-refractivity contribution in [3.8, 4) is 5.75 Å². The molecule has 0 bridgehead atoms. The Hall–Kier alpha value is 0.370. The Bertz CT molecular complexity index is 419. The van der Waals surface area contributed by atoms with Crippen molar-refractivity contribution in [2.75, 3.05) is 7.05 Å². The number of hydrogen-bond acceptors (Lipinski definition) is 2. The second-order valence-corrected chi connectivity index (χ2v) is 13.7. The first kappa shape index (κ1) is 18.4. The summed E-state index contributed by atoms with van der Waals surface area (Å²) in [6.07, 6.45) is 1.71. The summed E-state index contributed by atoms with van der Waals surface area (Å²) in [6.45, 7) is 8.74. The van der Waals surface area contributed by atoms with Crippen molar-refractivity contribution in [3.63, 3.8) is 0 Å². The normalized spacial score (nSPS) is 11.1. The van der Waals surface area contributed by atoms with Gasteiger partial charge >= 0.3 is 37.9 Å². The molecule has 18 heavy (non-hydrogen) atoms. The molecule has 0 amide bonds. The number of rotatable bonds is 2. The summed E-state index contributed by atoms with van der Waals surface area (Å²) in [7, 11) is 10.1. The molecule has 0 fully saturated rings. The van der Waals surface area contributed by atoms with E-state index in [1.807, 2.05) is 6.07 Å². The average molecular weight is 384 g/mol. The number of nitrogens with zero attached hydrogens (tertiary/aromatic N) is 1. The molecule has 100 valence electrons. The molecule has 0 aliphatic rings. The molecular formula is C12H19Cl2NOSiZr. The van der Waals surface area contributed by atoms with E-state index in [1.54, 1.807) is 13.3 Å². The van der Waals surface area contributed by atoms with Crippen molar-refractivity contribution in [1.82, 2.24) is 0 Å². The zero-order valence-corrected chi connectivity index (χ0v) is 16.4. The predicted molar refractivity (Wildman–Crippen MR) is 81.0 cm³/mol. The average Bonchev–Trinajstić information content (AvgIpc) is 2.23.